The molecule has 0 aliphatic rings. The molecule has 0 unspecified atom stereocenters. The van der Waals surface area contributed by atoms with Crippen molar-refractivity contribution in [1.82, 2.24) is 20.4 Å². The molecule has 0 bridgehead atoms. The lowest BCUT2D eigenvalue weighted by Gasteiger charge is -2.21. The maximum absolute atomic E-state index is 12.3. The van der Waals surface area contributed by atoms with Crippen LogP contribution in [0.1, 0.15) is 27.7 Å². The summed E-state index contributed by atoms with van der Waals surface area (Å²) in [5, 5.41) is 8.42. The molecule has 8 heteroatoms. The van der Waals surface area contributed by atoms with E-state index in [2.05, 4.69) is 47.0 Å². The van der Waals surface area contributed by atoms with E-state index in [4.69, 9.17) is 4.99 Å². The van der Waals surface area contributed by atoms with Crippen molar-refractivity contribution in [2.45, 2.75) is 19.9 Å². The van der Waals surface area contributed by atoms with Crippen LogP contribution in [0.25, 0.3) is 0 Å². The van der Waals surface area contributed by atoms with Crippen molar-refractivity contribution >= 4 is 47.2 Å². The molecule has 1 heterocycles. The minimum atomic E-state index is -0.0438. The Hall–Kier alpha value is -1.65. The molecular formula is C22H34IN5OS. The molecule has 0 aliphatic carbocycles. The second kappa shape index (κ2) is 14.4. The van der Waals surface area contributed by atoms with Crippen LogP contribution in [0, 0.1) is 0 Å². The first-order chi connectivity index (χ1) is 14.0. The normalized spacial score (nSPS) is 11.2. The van der Waals surface area contributed by atoms with Crippen molar-refractivity contribution < 1.29 is 4.79 Å². The highest BCUT2D eigenvalue weighted by molar-refractivity contribution is 14.0. The van der Waals surface area contributed by atoms with Gasteiger partial charge in [0.25, 0.3) is 5.91 Å². The lowest BCUT2D eigenvalue weighted by atomic mass is 10.1. The molecule has 2 rings (SSSR count). The first kappa shape index (κ1) is 26.4. The number of thiophene rings is 1. The molecule has 0 aliphatic heterocycles. The molecule has 2 N–H and O–H groups in total. The summed E-state index contributed by atoms with van der Waals surface area (Å²) in [6.07, 6.45) is 1.00. The van der Waals surface area contributed by atoms with Crippen LogP contribution in [0.4, 0.5) is 0 Å². The summed E-state index contributed by atoms with van der Waals surface area (Å²) < 4.78 is 0. The molecule has 1 aromatic carbocycles. The number of guanidine groups is 1. The summed E-state index contributed by atoms with van der Waals surface area (Å²) in [6.45, 7) is 5.77. The van der Waals surface area contributed by atoms with Gasteiger partial charge in [0.15, 0.2) is 5.96 Å². The van der Waals surface area contributed by atoms with E-state index in [9.17, 15) is 4.79 Å². The average Bonchev–Trinajstić information content (AvgIpc) is 3.23. The van der Waals surface area contributed by atoms with Crippen LogP contribution in [0.15, 0.2) is 46.8 Å². The second-order valence-corrected chi connectivity index (χ2v) is 8.21. The molecule has 0 saturated carbocycles. The van der Waals surface area contributed by atoms with Crippen LogP contribution < -0.4 is 10.6 Å². The Morgan fingerprint density at radius 3 is 2.57 bits per heavy atom. The lowest BCUT2D eigenvalue weighted by Crippen LogP contribution is -2.39. The fourth-order valence-electron chi connectivity index (χ4n) is 2.78. The van der Waals surface area contributed by atoms with Crippen LogP contribution >= 0.6 is 35.3 Å². The molecule has 0 fully saturated rings. The van der Waals surface area contributed by atoms with Gasteiger partial charge in [0, 0.05) is 43.7 Å². The van der Waals surface area contributed by atoms with Crippen LogP contribution in [-0.2, 0) is 13.0 Å². The first-order valence-electron chi connectivity index (χ1n) is 10.0. The Morgan fingerprint density at radius 2 is 1.90 bits per heavy atom. The molecule has 6 nitrogen and oxygen atoms in total. The van der Waals surface area contributed by atoms with Crippen LogP contribution in [0.5, 0.6) is 0 Å². The summed E-state index contributed by atoms with van der Waals surface area (Å²) in [6, 6.07) is 11.9. The van der Waals surface area contributed by atoms with Crippen molar-refractivity contribution in [3.63, 3.8) is 0 Å². The molecule has 0 radical (unpaired) electrons. The molecule has 1 amide bonds. The van der Waals surface area contributed by atoms with Gasteiger partial charge in [-0.25, -0.2) is 4.99 Å². The van der Waals surface area contributed by atoms with Crippen molar-refractivity contribution in [2.75, 3.05) is 47.3 Å². The molecular weight excluding hydrogens is 509 g/mol. The largest absolute Gasteiger partial charge is 0.357 e. The highest BCUT2D eigenvalue weighted by Gasteiger charge is 2.08. The number of hydrogen-bond donors (Lipinski definition) is 2. The third-order valence-electron chi connectivity index (χ3n) is 4.42. The fraction of sp³-hybridized carbons (Fsp3) is 0.455. The van der Waals surface area contributed by atoms with Gasteiger partial charge in [0.05, 0.1) is 6.54 Å². The molecule has 30 heavy (non-hydrogen) atoms. The summed E-state index contributed by atoms with van der Waals surface area (Å²) in [5.74, 6) is 0.836. The number of carbonyl (C=O) groups is 1. The van der Waals surface area contributed by atoms with Crippen LogP contribution in [-0.4, -0.2) is 69.0 Å². The molecule has 0 spiro atoms. The summed E-state index contributed by atoms with van der Waals surface area (Å²) in [7, 11) is 6.04. The number of amides is 1. The first-order valence-corrected chi connectivity index (χ1v) is 10.9. The maximum atomic E-state index is 12.3. The summed E-state index contributed by atoms with van der Waals surface area (Å²) in [5.41, 5.74) is 1.69. The summed E-state index contributed by atoms with van der Waals surface area (Å²) in [4.78, 5) is 22.7. The third-order valence-corrected chi connectivity index (χ3v) is 5.35. The number of carbonyl (C=O) groups excluding carboxylic acids is 1. The van der Waals surface area contributed by atoms with Gasteiger partial charge < -0.3 is 20.4 Å². The van der Waals surface area contributed by atoms with Crippen LogP contribution in [0.3, 0.4) is 0 Å². The van der Waals surface area contributed by atoms with Gasteiger partial charge in [-0.15, -0.1) is 35.3 Å². The van der Waals surface area contributed by atoms with Gasteiger partial charge >= 0.3 is 0 Å². The number of benzene rings is 1. The standard InChI is InChI=1S/C22H33N5OS.HI/c1-5-23-22(27(4)13-11-20-10-7-15-29-20)25-17-18-8-6-9-19(16-18)21(28)24-12-14-26(2)3;/h6-10,15-16H,5,11-14,17H2,1-4H3,(H,23,25)(H,24,28);1H. The zero-order chi connectivity index (χ0) is 21.1. The highest BCUT2D eigenvalue weighted by Crippen LogP contribution is 2.10. The van der Waals surface area contributed by atoms with Gasteiger partial charge in [0.1, 0.15) is 0 Å². The topological polar surface area (TPSA) is 60.0 Å². The fourth-order valence-corrected chi connectivity index (χ4v) is 3.48. The van der Waals surface area contributed by atoms with E-state index in [0.717, 1.165) is 37.6 Å². The average molecular weight is 544 g/mol. The Bertz CT molecular complexity index is 780. The SMILES string of the molecule is CCNC(=NCc1cccc(C(=O)NCCN(C)C)c1)N(C)CCc1cccs1.I. The molecule has 166 valence electrons. The number of nitrogens with one attached hydrogen (secondary N) is 2. The quantitative estimate of drug-likeness (QED) is 0.275. The Kier molecular flexibility index (Phi) is 12.6. The number of hydrogen-bond acceptors (Lipinski definition) is 4. The number of rotatable bonds is 10. The van der Waals surface area contributed by atoms with Crippen molar-refractivity contribution in [2.24, 2.45) is 4.99 Å². The van der Waals surface area contributed by atoms with Gasteiger partial charge in [-0.05, 0) is 56.6 Å². The third kappa shape index (κ3) is 9.44. The monoisotopic (exact) mass is 543 g/mol. The van der Waals surface area contributed by atoms with E-state index in [1.165, 1.54) is 4.88 Å². The van der Waals surface area contributed by atoms with E-state index in [-0.39, 0.29) is 29.9 Å². The van der Waals surface area contributed by atoms with Crippen molar-refractivity contribution in [3.8, 4) is 0 Å². The number of aliphatic imine (C=N–C) groups is 1. The van der Waals surface area contributed by atoms with Crippen LogP contribution in [0.2, 0.25) is 0 Å². The zero-order valence-electron chi connectivity index (χ0n) is 18.4. The lowest BCUT2D eigenvalue weighted by molar-refractivity contribution is 0.0951. The summed E-state index contributed by atoms with van der Waals surface area (Å²) >= 11 is 1.78. The molecule has 0 saturated heterocycles. The second-order valence-electron chi connectivity index (χ2n) is 7.18. The molecule has 2 aromatic rings. The van der Waals surface area contributed by atoms with Crippen molar-refractivity contribution in [3.05, 3.63) is 57.8 Å². The van der Waals surface area contributed by atoms with Crippen molar-refractivity contribution in [1.29, 1.82) is 0 Å². The molecule has 0 atom stereocenters. The Balaban J connectivity index is 0.00000450. The minimum absolute atomic E-state index is 0. The van der Waals surface area contributed by atoms with E-state index >= 15 is 0 Å². The number of halogens is 1. The zero-order valence-corrected chi connectivity index (χ0v) is 21.5. The van der Waals surface area contributed by atoms with Gasteiger partial charge in [-0.2, -0.15) is 0 Å². The number of likely N-dealkylation sites (N-methyl/N-ethyl adjacent to an activating group) is 2. The predicted octanol–water partition coefficient (Wildman–Crippen LogP) is 3.30. The predicted molar refractivity (Wildman–Crippen MR) is 138 cm³/mol. The van der Waals surface area contributed by atoms with Gasteiger partial charge in [-0.1, -0.05) is 18.2 Å². The van der Waals surface area contributed by atoms with E-state index < -0.39 is 0 Å². The Morgan fingerprint density at radius 1 is 1.10 bits per heavy atom. The van der Waals surface area contributed by atoms with E-state index in [0.29, 0.717) is 18.7 Å². The highest BCUT2D eigenvalue weighted by atomic mass is 127. The van der Waals surface area contributed by atoms with E-state index in [1.54, 1.807) is 11.3 Å². The molecule has 1 aromatic heterocycles. The Labute approximate surface area is 201 Å². The van der Waals surface area contributed by atoms with E-state index in [1.807, 2.05) is 43.3 Å². The smallest absolute Gasteiger partial charge is 0.251 e. The van der Waals surface area contributed by atoms with Gasteiger partial charge in [-0.3, -0.25) is 4.79 Å². The van der Waals surface area contributed by atoms with Gasteiger partial charge in [0.2, 0.25) is 0 Å². The maximum Gasteiger partial charge on any atom is 0.251 e. The minimum Gasteiger partial charge on any atom is -0.357 e. The number of nitrogens with zero attached hydrogens (tertiary/aromatic N) is 3.